The third kappa shape index (κ3) is 1.68. The van der Waals surface area contributed by atoms with Gasteiger partial charge in [-0.05, 0) is 51.6 Å². The van der Waals surface area contributed by atoms with Gasteiger partial charge < -0.3 is 4.72 Å². The fraction of sp³-hybridized carbons (Fsp3) is 0. The van der Waals surface area contributed by atoms with Crippen molar-refractivity contribution in [2.24, 2.45) is 4.99 Å². The van der Waals surface area contributed by atoms with Gasteiger partial charge in [-0.2, -0.15) is 0 Å². The lowest BCUT2D eigenvalue weighted by Gasteiger charge is -2.13. The molecule has 0 aliphatic carbocycles. The Morgan fingerprint density at radius 3 is 3.08 bits per heavy atom. The molecule has 1 aromatic rings. The Labute approximate surface area is 91.8 Å². The van der Waals surface area contributed by atoms with Gasteiger partial charge in [0.25, 0.3) is 0 Å². The van der Waals surface area contributed by atoms with E-state index in [1.54, 1.807) is 6.07 Å². The second-order valence-corrected chi connectivity index (χ2v) is 4.31. The summed E-state index contributed by atoms with van der Waals surface area (Å²) in [6, 6.07) is 3.03. The van der Waals surface area contributed by atoms with E-state index in [0.29, 0.717) is 10.2 Å². The topological polar surface area (TPSA) is 24.4 Å². The maximum absolute atomic E-state index is 13.0. The Bertz CT molecular complexity index is 396. The minimum atomic E-state index is -0.338. The highest BCUT2D eigenvalue weighted by atomic mass is 79.9. The maximum Gasteiger partial charge on any atom is 0.206 e. The minimum Gasteiger partial charge on any atom is -0.300 e. The Morgan fingerprint density at radius 2 is 2.31 bits per heavy atom. The van der Waals surface area contributed by atoms with Gasteiger partial charge in [-0.1, -0.05) is 0 Å². The van der Waals surface area contributed by atoms with E-state index in [9.17, 15) is 4.39 Å². The van der Waals surface area contributed by atoms with Crippen molar-refractivity contribution < 1.29 is 4.39 Å². The third-order valence-electron chi connectivity index (χ3n) is 1.49. The van der Waals surface area contributed by atoms with E-state index in [0.717, 1.165) is 4.90 Å². The maximum atomic E-state index is 13.0. The first kappa shape index (κ1) is 9.30. The highest BCUT2D eigenvalue weighted by Crippen LogP contribution is 2.39. The van der Waals surface area contributed by atoms with Gasteiger partial charge in [0, 0.05) is 0 Å². The number of hydrogen-bond acceptors (Lipinski definition) is 3. The average molecular weight is 282 g/mol. The molecule has 0 spiro atoms. The van der Waals surface area contributed by atoms with E-state index in [1.165, 1.54) is 18.0 Å². The van der Waals surface area contributed by atoms with Crippen LogP contribution in [0.5, 0.6) is 0 Å². The zero-order valence-corrected chi connectivity index (χ0v) is 9.30. The molecule has 1 aromatic carbocycles. The van der Waals surface area contributed by atoms with Crippen molar-refractivity contribution in [3.05, 3.63) is 22.4 Å². The Morgan fingerprint density at radius 1 is 1.54 bits per heavy atom. The van der Waals surface area contributed by atoms with Crippen LogP contribution in [0.3, 0.4) is 0 Å². The average Bonchev–Trinajstić information content (AvgIpc) is 2.12. The van der Waals surface area contributed by atoms with Crippen LogP contribution >= 0.6 is 39.5 Å². The molecular formula is C7H3BrClFN2S. The molecule has 1 aliphatic heterocycles. The Balaban J connectivity index is 2.63. The van der Waals surface area contributed by atoms with E-state index in [2.05, 4.69) is 25.6 Å². The number of rotatable bonds is 0. The predicted molar refractivity (Wildman–Crippen MR) is 56.0 cm³/mol. The zero-order valence-electron chi connectivity index (χ0n) is 6.14. The largest absolute Gasteiger partial charge is 0.300 e. The van der Waals surface area contributed by atoms with Gasteiger partial charge in [0.2, 0.25) is 5.29 Å². The van der Waals surface area contributed by atoms with Crippen LogP contribution in [0.15, 0.2) is 26.5 Å². The van der Waals surface area contributed by atoms with Gasteiger partial charge in [0.15, 0.2) is 0 Å². The summed E-state index contributed by atoms with van der Waals surface area (Å²) in [6.45, 7) is 0. The molecule has 0 fully saturated rings. The number of aliphatic imine (C=N–C) groups is 1. The second-order valence-electron chi connectivity index (χ2n) is 2.31. The van der Waals surface area contributed by atoms with Crippen LogP contribution < -0.4 is 4.72 Å². The molecule has 0 amide bonds. The predicted octanol–water partition coefficient (Wildman–Crippen LogP) is 3.42. The molecule has 13 heavy (non-hydrogen) atoms. The van der Waals surface area contributed by atoms with E-state index in [4.69, 9.17) is 11.6 Å². The van der Waals surface area contributed by atoms with Crippen LogP contribution in [0.25, 0.3) is 0 Å². The standard InChI is InChI=1S/C7H3BrClFN2S/c8-5-3(10)1-2-4-6(5)11-7(9)12-13-4/h1-2H,(H,11,12). The van der Waals surface area contributed by atoms with Gasteiger partial charge >= 0.3 is 0 Å². The molecule has 1 N–H and O–H groups in total. The summed E-state index contributed by atoms with van der Waals surface area (Å²) in [5, 5.41) is 0.254. The summed E-state index contributed by atoms with van der Waals surface area (Å²) in [6.07, 6.45) is 0. The van der Waals surface area contributed by atoms with Crippen LogP contribution in [0.1, 0.15) is 0 Å². The lowest BCUT2D eigenvalue weighted by Crippen LogP contribution is -2.11. The van der Waals surface area contributed by atoms with Gasteiger partial charge in [-0.3, -0.25) is 0 Å². The molecule has 0 unspecified atom stereocenters. The number of benzene rings is 1. The number of amidine groups is 1. The van der Waals surface area contributed by atoms with Gasteiger partial charge in [-0.15, -0.1) is 0 Å². The number of halogens is 3. The summed E-state index contributed by atoms with van der Waals surface area (Å²) >= 11 is 10.1. The van der Waals surface area contributed by atoms with Crippen molar-refractivity contribution in [3.63, 3.8) is 0 Å². The molecule has 0 atom stereocenters. The SMILES string of the molecule is Fc1ccc2c(c1Br)N=C(Cl)NS2. The van der Waals surface area contributed by atoms with Crippen LogP contribution in [0.2, 0.25) is 0 Å². The number of nitrogens with one attached hydrogen (secondary N) is 1. The molecule has 0 aromatic heterocycles. The van der Waals surface area contributed by atoms with Gasteiger partial charge in [-0.25, -0.2) is 9.38 Å². The molecular weight excluding hydrogens is 279 g/mol. The van der Waals surface area contributed by atoms with Crippen LogP contribution in [0, 0.1) is 5.82 Å². The van der Waals surface area contributed by atoms with Gasteiger partial charge in [0.05, 0.1) is 15.1 Å². The second kappa shape index (κ2) is 3.48. The first-order valence-electron chi connectivity index (χ1n) is 3.33. The highest BCUT2D eigenvalue weighted by Gasteiger charge is 2.16. The number of hydrogen-bond donors (Lipinski definition) is 1. The van der Waals surface area contributed by atoms with Crippen LogP contribution in [0.4, 0.5) is 10.1 Å². The molecule has 0 saturated heterocycles. The lowest BCUT2D eigenvalue weighted by atomic mass is 10.3. The number of fused-ring (bicyclic) bond motifs is 1. The Hall–Kier alpha value is -0.260. The molecule has 2 rings (SSSR count). The summed E-state index contributed by atoms with van der Waals surface area (Å²) in [7, 11) is 0. The van der Waals surface area contributed by atoms with Crippen molar-refractivity contribution in [1.29, 1.82) is 0 Å². The van der Waals surface area contributed by atoms with Crippen molar-refractivity contribution >= 4 is 50.5 Å². The molecule has 2 nitrogen and oxygen atoms in total. The smallest absolute Gasteiger partial charge is 0.206 e. The quantitative estimate of drug-likeness (QED) is 0.582. The van der Waals surface area contributed by atoms with Crippen molar-refractivity contribution in [2.75, 3.05) is 0 Å². The van der Waals surface area contributed by atoms with Crippen LogP contribution in [-0.4, -0.2) is 5.29 Å². The van der Waals surface area contributed by atoms with Crippen LogP contribution in [-0.2, 0) is 0 Å². The fourth-order valence-electron chi connectivity index (χ4n) is 0.927. The summed E-state index contributed by atoms with van der Waals surface area (Å²) in [4.78, 5) is 4.81. The van der Waals surface area contributed by atoms with Crippen molar-refractivity contribution in [3.8, 4) is 0 Å². The monoisotopic (exact) mass is 280 g/mol. The number of nitrogens with zero attached hydrogens (tertiary/aromatic N) is 1. The minimum absolute atomic E-state index is 0.254. The molecule has 68 valence electrons. The van der Waals surface area contributed by atoms with E-state index in [1.807, 2.05) is 0 Å². The molecule has 6 heteroatoms. The van der Waals surface area contributed by atoms with Crippen molar-refractivity contribution in [2.45, 2.75) is 4.90 Å². The lowest BCUT2D eigenvalue weighted by molar-refractivity contribution is 0.620. The molecule has 1 aliphatic rings. The molecule has 1 heterocycles. The van der Waals surface area contributed by atoms with E-state index >= 15 is 0 Å². The fourth-order valence-corrected chi connectivity index (χ4v) is 2.31. The van der Waals surface area contributed by atoms with Crippen molar-refractivity contribution in [1.82, 2.24) is 4.72 Å². The molecule has 0 bridgehead atoms. The van der Waals surface area contributed by atoms with E-state index < -0.39 is 0 Å². The first-order chi connectivity index (χ1) is 6.18. The Kier molecular flexibility index (Phi) is 2.49. The first-order valence-corrected chi connectivity index (χ1v) is 5.32. The molecule has 0 radical (unpaired) electrons. The van der Waals surface area contributed by atoms with E-state index in [-0.39, 0.29) is 11.1 Å². The normalized spacial score (nSPS) is 14.5. The zero-order chi connectivity index (χ0) is 9.42. The summed E-state index contributed by atoms with van der Waals surface area (Å²) < 4.78 is 16.2. The third-order valence-corrected chi connectivity index (χ3v) is 3.38. The highest BCUT2D eigenvalue weighted by molar-refractivity contribution is 9.10. The summed E-state index contributed by atoms with van der Waals surface area (Å²) in [5.74, 6) is -0.338. The molecule has 0 saturated carbocycles. The van der Waals surface area contributed by atoms with Gasteiger partial charge in [0.1, 0.15) is 5.82 Å². The summed E-state index contributed by atoms with van der Waals surface area (Å²) in [5.41, 5.74) is 0.536.